The monoisotopic (exact) mass is 267 g/mol. The van der Waals surface area contributed by atoms with Gasteiger partial charge in [0, 0.05) is 0 Å². The van der Waals surface area contributed by atoms with Crippen LogP contribution in [0.4, 0.5) is 0 Å². The van der Waals surface area contributed by atoms with Crippen LogP contribution in [0.3, 0.4) is 0 Å². The SMILES string of the molecule is CSCC[C@@H](NS(=O)(=O)CC1CC1)C(=O)O. The lowest BCUT2D eigenvalue weighted by atomic mass is 10.2. The molecule has 1 rings (SSSR count). The van der Waals surface area contributed by atoms with Crippen molar-refractivity contribution in [2.24, 2.45) is 5.92 Å². The van der Waals surface area contributed by atoms with E-state index >= 15 is 0 Å². The van der Waals surface area contributed by atoms with Crippen molar-refractivity contribution in [3.8, 4) is 0 Å². The summed E-state index contributed by atoms with van der Waals surface area (Å²) in [6, 6.07) is -0.990. The van der Waals surface area contributed by atoms with Crippen molar-refractivity contribution in [1.29, 1.82) is 0 Å². The highest BCUT2D eigenvalue weighted by atomic mass is 32.2. The van der Waals surface area contributed by atoms with Crippen LogP contribution in [0.25, 0.3) is 0 Å². The van der Waals surface area contributed by atoms with Gasteiger partial charge < -0.3 is 5.11 Å². The van der Waals surface area contributed by atoms with Crippen molar-refractivity contribution in [1.82, 2.24) is 4.72 Å². The van der Waals surface area contributed by atoms with E-state index in [9.17, 15) is 13.2 Å². The van der Waals surface area contributed by atoms with Gasteiger partial charge in [-0.25, -0.2) is 13.1 Å². The molecule has 0 aromatic heterocycles. The number of aliphatic carboxylic acids is 1. The zero-order chi connectivity index (χ0) is 12.2. The summed E-state index contributed by atoms with van der Waals surface area (Å²) in [7, 11) is -3.43. The first kappa shape index (κ1) is 13.8. The summed E-state index contributed by atoms with van der Waals surface area (Å²) in [6.07, 6.45) is 4.05. The number of sulfonamides is 1. The molecule has 1 saturated carbocycles. The average molecular weight is 267 g/mol. The molecule has 0 radical (unpaired) electrons. The van der Waals surface area contributed by atoms with Crippen molar-refractivity contribution >= 4 is 27.8 Å². The molecule has 7 heteroatoms. The predicted molar refractivity (Wildman–Crippen MR) is 64.1 cm³/mol. The van der Waals surface area contributed by atoms with E-state index in [1.54, 1.807) is 0 Å². The molecule has 1 aliphatic carbocycles. The molecule has 0 spiro atoms. The Balaban J connectivity index is 2.48. The highest BCUT2D eigenvalue weighted by Gasteiger charge is 2.30. The number of nitrogens with one attached hydrogen (secondary N) is 1. The molecule has 1 atom stereocenters. The number of carboxylic acid groups (broad SMARTS) is 1. The van der Waals surface area contributed by atoms with Gasteiger partial charge in [-0.05, 0) is 37.2 Å². The lowest BCUT2D eigenvalue weighted by Gasteiger charge is -2.13. The van der Waals surface area contributed by atoms with Crippen molar-refractivity contribution in [3.05, 3.63) is 0 Å². The lowest BCUT2D eigenvalue weighted by molar-refractivity contribution is -0.139. The minimum atomic E-state index is -3.43. The Bertz CT molecular complexity index is 337. The fourth-order valence-corrected chi connectivity index (χ4v) is 3.50. The summed E-state index contributed by atoms with van der Waals surface area (Å²) < 4.78 is 25.4. The number of thioether (sulfide) groups is 1. The minimum absolute atomic E-state index is 0.0655. The van der Waals surface area contributed by atoms with Crippen LogP contribution in [0.5, 0.6) is 0 Å². The van der Waals surface area contributed by atoms with Crippen LogP contribution in [-0.4, -0.2) is 43.3 Å². The second kappa shape index (κ2) is 5.88. The summed E-state index contributed by atoms with van der Waals surface area (Å²) >= 11 is 1.50. The van der Waals surface area contributed by atoms with Crippen LogP contribution in [0.15, 0.2) is 0 Å². The molecule has 0 bridgehead atoms. The van der Waals surface area contributed by atoms with Gasteiger partial charge in [0.15, 0.2) is 0 Å². The Hall–Kier alpha value is -0.270. The number of hydrogen-bond acceptors (Lipinski definition) is 4. The standard InChI is InChI=1S/C9H17NO4S2/c1-15-5-4-8(9(11)12)10-16(13,14)6-7-2-3-7/h7-8,10H,2-6H2,1H3,(H,11,12)/t8-/m1/s1. The fraction of sp³-hybridized carbons (Fsp3) is 0.889. The Kier molecular flexibility index (Phi) is 5.07. The molecule has 94 valence electrons. The third-order valence-corrected chi connectivity index (χ3v) is 4.58. The molecule has 16 heavy (non-hydrogen) atoms. The van der Waals surface area contributed by atoms with Crippen molar-refractivity contribution < 1.29 is 18.3 Å². The summed E-state index contributed by atoms with van der Waals surface area (Å²) in [4.78, 5) is 10.8. The first-order valence-electron chi connectivity index (χ1n) is 5.16. The van der Waals surface area contributed by atoms with Gasteiger partial charge in [0.2, 0.25) is 10.0 Å². The Morgan fingerprint density at radius 1 is 1.56 bits per heavy atom. The van der Waals surface area contributed by atoms with Crippen LogP contribution in [0.1, 0.15) is 19.3 Å². The van der Waals surface area contributed by atoms with Crippen LogP contribution in [-0.2, 0) is 14.8 Å². The van der Waals surface area contributed by atoms with E-state index < -0.39 is 22.0 Å². The van der Waals surface area contributed by atoms with E-state index in [1.165, 1.54) is 11.8 Å². The topological polar surface area (TPSA) is 83.5 Å². The highest BCUT2D eigenvalue weighted by molar-refractivity contribution is 7.98. The Morgan fingerprint density at radius 3 is 2.62 bits per heavy atom. The van der Waals surface area contributed by atoms with Gasteiger partial charge in [0.25, 0.3) is 0 Å². The zero-order valence-electron chi connectivity index (χ0n) is 9.18. The highest BCUT2D eigenvalue weighted by Crippen LogP contribution is 2.30. The average Bonchev–Trinajstić information content (AvgIpc) is 2.94. The first-order valence-corrected chi connectivity index (χ1v) is 8.21. The lowest BCUT2D eigenvalue weighted by Crippen LogP contribution is -2.42. The van der Waals surface area contributed by atoms with E-state index in [0.717, 1.165) is 12.8 Å². The normalized spacial score (nSPS) is 18.3. The van der Waals surface area contributed by atoms with E-state index in [4.69, 9.17) is 5.11 Å². The molecule has 0 aromatic rings. The van der Waals surface area contributed by atoms with Gasteiger partial charge in [-0.2, -0.15) is 11.8 Å². The third-order valence-electron chi connectivity index (χ3n) is 2.38. The fourth-order valence-electron chi connectivity index (χ4n) is 1.33. The van der Waals surface area contributed by atoms with E-state index in [-0.39, 0.29) is 11.7 Å². The molecule has 0 aromatic carbocycles. The second-order valence-electron chi connectivity index (χ2n) is 4.01. The molecule has 5 nitrogen and oxygen atoms in total. The summed E-state index contributed by atoms with van der Waals surface area (Å²) in [5.74, 6) is -0.181. The Labute approximate surface area is 100 Å². The number of carbonyl (C=O) groups is 1. The molecule has 2 N–H and O–H groups in total. The van der Waals surface area contributed by atoms with Crippen LogP contribution < -0.4 is 4.72 Å². The number of hydrogen-bond donors (Lipinski definition) is 2. The van der Waals surface area contributed by atoms with E-state index in [0.29, 0.717) is 12.2 Å². The summed E-state index contributed by atoms with van der Waals surface area (Å²) in [6.45, 7) is 0. The molecule has 0 unspecified atom stereocenters. The molecule has 0 amide bonds. The summed E-state index contributed by atoms with van der Waals surface area (Å²) in [5.41, 5.74) is 0. The maximum atomic E-state index is 11.6. The van der Waals surface area contributed by atoms with E-state index in [2.05, 4.69) is 4.72 Å². The summed E-state index contributed by atoms with van der Waals surface area (Å²) in [5, 5.41) is 8.88. The van der Waals surface area contributed by atoms with E-state index in [1.807, 2.05) is 6.26 Å². The van der Waals surface area contributed by atoms with Crippen LogP contribution in [0.2, 0.25) is 0 Å². The number of carboxylic acids is 1. The molecule has 0 aliphatic heterocycles. The second-order valence-corrected chi connectivity index (χ2v) is 6.80. The van der Waals surface area contributed by atoms with Gasteiger partial charge in [-0.15, -0.1) is 0 Å². The van der Waals surface area contributed by atoms with Gasteiger partial charge in [-0.3, -0.25) is 4.79 Å². The van der Waals surface area contributed by atoms with Gasteiger partial charge in [0.1, 0.15) is 6.04 Å². The smallest absolute Gasteiger partial charge is 0.321 e. The minimum Gasteiger partial charge on any atom is -0.480 e. The van der Waals surface area contributed by atoms with Gasteiger partial charge in [-0.1, -0.05) is 0 Å². The van der Waals surface area contributed by atoms with Gasteiger partial charge >= 0.3 is 5.97 Å². The Morgan fingerprint density at radius 2 is 2.19 bits per heavy atom. The predicted octanol–water partition coefficient (Wildman–Crippen LogP) is 0.522. The van der Waals surface area contributed by atoms with Crippen LogP contribution in [0, 0.1) is 5.92 Å². The number of rotatable bonds is 8. The molecular weight excluding hydrogens is 250 g/mol. The van der Waals surface area contributed by atoms with Crippen molar-refractivity contribution in [2.75, 3.05) is 17.8 Å². The zero-order valence-corrected chi connectivity index (χ0v) is 10.8. The van der Waals surface area contributed by atoms with Crippen molar-refractivity contribution in [3.63, 3.8) is 0 Å². The molecule has 1 fully saturated rings. The molecule has 1 aliphatic rings. The van der Waals surface area contributed by atoms with Crippen molar-refractivity contribution in [2.45, 2.75) is 25.3 Å². The quantitative estimate of drug-likeness (QED) is 0.670. The molecule has 0 saturated heterocycles. The molecule has 0 heterocycles. The van der Waals surface area contributed by atoms with Crippen LogP contribution >= 0.6 is 11.8 Å². The third kappa shape index (κ3) is 5.18. The van der Waals surface area contributed by atoms with Gasteiger partial charge in [0.05, 0.1) is 5.75 Å². The largest absolute Gasteiger partial charge is 0.480 e. The maximum Gasteiger partial charge on any atom is 0.321 e. The molecular formula is C9H17NO4S2. The first-order chi connectivity index (χ1) is 7.44. The maximum absolute atomic E-state index is 11.6.